The molecule has 1 aromatic heterocycles. The third-order valence-electron chi connectivity index (χ3n) is 4.04. The number of likely N-dealkylation sites (tertiary alicyclic amines) is 1. The first kappa shape index (κ1) is 14.5. The Kier molecular flexibility index (Phi) is 3.77. The number of aryl methyl sites for hydroxylation is 1. The molecule has 6 heteroatoms. The maximum absolute atomic E-state index is 12.3. The molecule has 0 aliphatic carbocycles. The number of carbonyl (C=O) groups is 1. The molecule has 0 spiro atoms. The number of ether oxygens (including phenoxy) is 1. The van der Waals surface area contributed by atoms with E-state index in [0.717, 1.165) is 11.1 Å². The first-order chi connectivity index (χ1) is 10.6. The first-order valence-electron chi connectivity index (χ1n) is 7.08. The number of methoxy groups -OCH3 is 1. The molecule has 22 heavy (non-hydrogen) atoms. The van der Waals surface area contributed by atoms with Crippen molar-refractivity contribution in [3.8, 4) is 0 Å². The van der Waals surface area contributed by atoms with Crippen molar-refractivity contribution in [3.05, 3.63) is 53.9 Å². The fraction of sp³-hybridized carbons (Fsp3) is 0.312. The van der Waals surface area contributed by atoms with E-state index in [0.29, 0.717) is 18.8 Å². The van der Waals surface area contributed by atoms with Gasteiger partial charge in [0.2, 0.25) is 0 Å². The summed E-state index contributed by atoms with van der Waals surface area (Å²) in [6.45, 7) is 2.93. The summed E-state index contributed by atoms with van der Waals surface area (Å²) in [7, 11) is 1.68. The summed E-state index contributed by atoms with van der Waals surface area (Å²) in [5.74, 6) is 0. The van der Waals surface area contributed by atoms with Gasteiger partial charge in [-0.25, -0.2) is 4.79 Å². The molecule has 1 aromatic carbocycles. The van der Waals surface area contributed by atoms with E-state index in [2.05, 4.69) is 15.5 Å². The van der Waals surface area contributed by atoms with Gasteiger partial charge in [-0.05, 0) is 18.1 Å². The SMILES string of the molecule is COC1(c2ccccc2)CN(C(=O)Nc2cnncc2C)C1. The summed E-state index contributed by atoms with van der Waals surface area (Å²) in [5.41, 5.74) is 2.23. The van der Waals surface area contributed by atoms with Gasteiger partial charge < -0.3 is 15.0 Å². The monoisotopic (exact) mass is 298 g/mol. The molecule has 1 saturated heterocycles. The van der Waals surface area contributed by atoms with Crippen LogP contribution in [0, 0.1) is 6.92 Å². The fourth-order valence-corrected chi connectivity index (χ4v) is 2.59. The number of anilines is 1. The van der Waals surface area contributed by atoms with Crippen LogP contribution in [0.25, 0.3) is 0 Å². The molecule has 0 saturated carbocycles. The molecular formula is C16H18N4O2. The van der Waals surface area contributed by atoms with Gasteiger partial charge in [-0.3, -0.25) is 0 Å². The van der Waals surface area contributed by atoms with Crippen molar-refractivity contribution >= 4 is 11.7 Å². The van der Waals surface area contributed by atoms with E-state index in [1.807, 2.05) is 37.3 Å². The molecule has 6 nitrogen and oxygen atoms in total. The van der Waals surface area contributed by atoms with Crippen LogP contribution in [-0.2, 0) is 10.3 Å². The van der Waals surface area contributed by atoms with Crippen LogP contribution in [-0.4, -0.2) is 41.3 Å². The Morgan fingerprint density at radius 2 is 1.91 bits per heavy atom. The van der Waals surface area contributed by atoms with Crippen LogP contribution in [0.3, 0.4) is 0 Å². The summed E-state index contributed by atoms with van der Waals surface area (Å²) >= 11 is 0. The average molecular weight is 298 g/mol. The standard InChI is InChI=1S/C16H18N4O2/c1-12-8-17-18-9-14(12)19-15(21)20-10-16(11-20,22-2)13-6-4-3-5-7-13/h3-9H,10-11H2,1-2H3,(H,17,19,21). The number of urea groups is 1. The Hall–Kier alpha value is -2.47. The van der Waals surface area contributed by atoms with Crippen molar-refractivity contribution in [2.24, 2.45) is 0 Å². The highest BCUT2D eigenvalue weighted by molar-refractivity contribution is 5.90. The molecule has 114 valence electrons. The Morgan fingerprint density at radius 1 is 1.23 bits per heavy atom. The molecule has 1 aliphatic rings. The third-order valence-corrected chi connectivity index (χ3v) is 4.04. The third kappa shape index (κ3) is 2.53. The van der Waals surface area contributed by atoms with Crippen LogP contribution in [0.5, 0.6) is 0 Å². The average Bonchev–Trinajstić information content (AvgIpc) is 2.50. The molecule has 2 heterocycles. The van der Waals surface area contributed by atoms with Crippen molar-refractivity contribution < 1.29 is 9.53 Å². The van der Waals surface area contributed by atoms with Gasteiger partial charge in [-0.1, -0.05) is 30.3 Å². The molecule has 0 radical (unpaired) electrons. The number of amides is 2. The second-order valence-electron chi connectivity index (χ2n) is 5.44. The number of nitrogens with one attached hydrogen (secondary N) is 1. The van der Waals surface area contributed by atoms with E-state index >= 15 is 0 Å². The highest BCUT2D eigenvalue weighted by atomic mass is 16.5. The molecular weight excluding hydrogens is 280 g/mol. The fourth-order valence-electron chi connectivity index (χ4n) is 2.59. The summed E-state index contributed by atoms with van der Waals surface area (Å²) in [6, 6.07) is 9.82. The van der Waals surface area contributed by atoms with Crippen molar-refractivity contribution in [1.82, 2.24) is 15.1 Å². The lowest BCUT2D eigenvalue weighted by molar-refractivity contribution is -0.109. The van der Waals surface area contributed by atoms with Crippen LogP contribution in [0.4, 0.5) is 10.5 Å². The van der Waals surface area contributed by atoms with E-state index in [9.17, 15) is 4.79 Å². The predicted molar refractivity (Wildman–Crippen MR) is 82.5 cm³/mol. The number of aromatic nitrogens is 2. The van der Waals surface area contributed by atoms with Gasteiger partial charge in [0.1, 0.15) is 5.60 Å². The highest BCUT2D eigenvalue weighted by Crippen LogP contribution is 2.35. The van der Waals surface area contributed by atoms with Crippen molar-refractivity contribution in [2.75, 3.05) is 25.5 Å². The van der Waals surface area contributed by atoms with E-state index in [-0.39, 0.29) is 6.03 Å². The van der Waals surface area contributed by atoms with Crippen LogP contribution in [0.15, 0.2) is 42.7 Å². The van der Waals surface area contributed by atoms with E-state index < -0.39 is 5.60 Å². The maximum Gasteiger partial charge on any atom is 0.322 e. The number of benzene rings is 1. The van der Waals surface area contributed by atoms with E-state index in [1.165, 1.54) is 0 Å². The Morgan fingerprint density at radius 3 is 2.55 bits per heavy atom. The molecule has 0 bridgehead atoms. The zero-order valence-corrected chi connectivity index (χ0v) is 12.6. The highest BCUT2D eigenvalue weighted by Gasteiger charge is 2.47. The Balaban J connectivity index is 1.67. The molecule has 0 atom stereocenters. The molecule has 1 N–H and O–H groups in total. The minimum absolute atomic E-state index is 0.153. The van der Waals surface area contributed by atoms with Crippen LogP contribution >= 0.6 is 0 Å². The molecule has 2 amide bonds. The Labute approximate surface area is 129 Å². The van der Waals surface area contributed by atoms with Crippen LogP contribution < -0.4 is 5.32 Å². The lowest BCUT2D eigenvalue weighted by Gasteiger charge is -2.49. The Bertz CT molecular complexity index is 669. The molecule has 1 aliphatic heterocycles. The van der Waals surface area contributed by atoms with E-state index in [1.54, 1.807) is 24.4 Å². The summed E-state index contributed by atoms with van der Waals surface area (Å²) in [6.07, 6.45) is 3.17. The largest absolute Gasteiger partial charge is 0.370 e. The number of nitrogens with zero attached hydrogens (tertiary/aromatic N) is 3. The minimum atomic E-state index is -0.413. The van der Waals surface area contributed by atoms with Crippen molar-refractivity contribution in [3.63, 3.8) is 0 Å². The van der Waals surface area contributed by atoms with E-state index in [4.69, 9.17) is 4.74 Å². The number of hydrogen-bond acceptors (Lipinski definition) is 4. The number of rotatable bonds is 3. The zero-order chi connectivity index (χ0) is 15.6. The molecule has 3 rings (SSSR count). The lowest BCUT2D eigenvalue weighted by atomic mass is 9.86. The van der Waals surface area contributed by atoms with Gasteiger partial charge in [0.15, 0.2) is 0 Å². The predicted octanol–water partition coefficient (Wildman–Crippen LogP) is 2.17. The number of hydrogen-bond donors (Lipinski definition) is 1. The summed E-state index contributed by atoms with van der Waals surface area (Å²) < 4.78 is 5.67. The maximum atomic E-state index is 12.3. The van der Waals surface area contributed by atoms with Crippen molar-refractivity contribution in [2.45, 2.75) is 12.5 Å². The molecule has 2 aromatic rings. The minimum Gasteiger partial charge on any atom is -0.370 e. The zero-order valence-electron chi connectivity index (χ0n) is 12.6. The number of carbonyl (C=O) groups excluding carboxylic acids is 1. The van der Waals surface area contributed by atoms with Gasteiger partial charge in [-0.15, -0.1) is 0 Å². The molecule has 1 fully saturated rings. The van der Waals surface area contributed by atoms with Crippen LogP contribution in [0.1, 0.15) is 11.1 Å². The second-order valence-corrected chi connectivity index (χ2v) is 5.44. The lowest BCUT2D eigenvalue weighted by Crippen LogP contribution is -2.63. The first-order valence-corrected chi connectivity index (χ1v) is 7.08. The summed E-state index contributed by atoms with van der Waals surface area (Å²) in [4.78, 5) is 14.0. The summed E-state index contributed by atoms with van der Waals surface area (Å²) in [5, 5.41) is 10.4. The van der Waals surface area contributed by atoms with Gasteiger partial charge >= 0.3 is 6.03 Å². The van der Waals surface area contributed by atoms with Gasteiger partial charge in [0, 0.05) is 7.11 Å². The quantitative estimate of drug-likeness (QED) is 0.943. The van der Waals surface area contributed by atoms with Gasteiger partial charge in [0.05, 0.1) is 31.2 Å². The molecule has 0 unspecified atom stereocenters. The topological polar surface area (TPSA) is 67.3 Å². The van der Waals surface area contributed by atoms with Gasteiger partial charge in [-0.2, -0.15) is 10.2 Å². The normalized spacial score (nSPS) is 16.0. The smallest absolute Gasteiger partial charge is 0.322 e. The second kappa shape index (κ2) is 5.73. The van der Waals surface area contributed by atoms with Gasteiger partial charge in [0.25, 0.3) is 0 Å². The van der Waals surface area contributed by atoms with Crippen molar-refractivity contribution in [1.29, 1.82) is 0 Å². The van der Waals surface area contributed by atoms with Crippen LogP contribution in [0.2, 0.25) is 0 Å².